The zero-order chi connectivity index (χ0) is 14.4. The van der Waals surface area contributed by atoms with Gasteiger partial charge in [0.15, 0.2) is 0 Å². The smallest absolute Gasteiger partial charge is 0.350 e. The van der Waals surface area contributed by atoms with E-state index in [1.54, 1.807) is 6.07 Å². The van der Waals surface area contributed by atoms with Crippen LogP contribution in [0.3, 0.4) is 0 Å². The summed E-state index contributed by atoms with van der Waals surface area (Å²) in [4.78, 5) is 14.2. The maximum Gasteiger partial charge on any atom is 0.350 e. The molecule has 19 heavy (non-hydrogen) atoms. The molecule has 5 nitrogen and oxygen atoms in total. The van der Waals surface area contributed by atoms with Crippen molar-refractivity contribution in [2.24, 2.45) is 0 Å². The second-order valence-corrected chi connectivity index (χ2v) is 5.79. The number of esters is 1. The average Bonchev–Trinajstić information content (AvgIpc) is 2.74. The number of ether oxygens (including phenoxy) is 1. The van der Waals surface area contributed by atoms with E-state index in [1.807, 2.05) is 0 Å². The van der Waals surface area contributed by atoms with Crippen molar-refractivity contribution in [3.63, 3.8) is 0 Å². The Hall–Kier alpha value is -1.27. The average molecular weight is 285 g/mol. The van der Waals surface area contributed by atoms with Gasteiger partial charge in [0.25, 0.3) is 0 Å². The molecule has 1 aromatic rings. The molecule has 0 aliphatic heterocycles. The molecule has 0 saturated heterocycles. The largest absolute Gasteiger partial charge is 0.465 e. The van der Waals surface area contributed by atoms with Crippen LogP contribution in [-0.4, -0.2) is 44.2 Å². The van der Waals surface area contributed by atoms with Crippen LogP contribution < -0.4 is 11.1 Å². The van der Waals surface area contributed by atoms with E-state index in [0.717, 1.165) is 24.5 Å². The Labute approximate surface area is 118 Å². The summed E-state index contributed by atoms with van der Waals surface area (Å²) in [5, 5.41) is 4.19. The highest BCUT2D eigenvalue weighted by molar-refractivity contribution is 7.18. The van der Waals surface area contributed by atoms with Gasteiger partial charge in [-0.2, -0.15) is 0 Å². The first-order valence-corrected chi connectivity index (χ1v) is 7.19. The van der Waals surface area contributed by atoms with Crippen molar-refractivity contribution in [2.45, 2.75) is 26.3 Å². The van der Waals surface area contributed by atoms with Crippen LogP contribution in [0.1, 0.15) is 29.9 Å². The van der Waals surface area contributed by atoms with Gasteiger partial charge < -0.3 is 20.7 Å². The summed E-state index contributed by atoms with van der Waals surface area (Å²) in [6, 6.07) is 2.34. The van der Waals surface area contributed by atoms with Gasteiger partial charge in [0, 0.05) is 12.6 Å². The van der Waals surface area contributed by atoms with Crippen LogP contribution >= 0.6 is 11.3 Å². The fraction of sp³-hybridized carbons (Fsp3) is 0.615. The maximum absolute atomic E-state index is 11.4. The van der Waals surface area contributed by atoms with E-state index in [1.165, 1.54) is 18.4 Å². The van der Waals surface area contributed by atoms with Gasteiger partial charge in [0.05, 0.1) is 17.8 Å². The van der Waals surface area contributed by atoms with Crippen molar-refractivity contribution in [1.82, 2.24) is 4.90 Å². The van der Waals surface area contributed by atoms with E-state index in [0.29, 0.717) is 16.6 Å². The van der Waals surface area contributed by atoms with Crippen LogP contribution in [0, 0.1) is 0 Å². The van der Waals surface area contributed by atoms with Crippen molar-refractivity contribution in [1.29, 1.82) is 0 Å². The minimum atomic E-state index is -0.380. The molecule has 1 aromatic heterocycles. The number of nitrogens with one attached hydrogen (secondary N) is 1. The van der Waals surface area contributed by atoms with Crippen molar-refractivity contribution in [3.8, 4) is 0 Å². The van der Waals surface area contributed by atoms with E-state index in [2.05, 4.69) is 35.8 Å². The Bertz CT molecular complexity index is 418. The highest BCUT2D eigenvalue weighted by Crippen LogP contribution is 2.29. The van der Waals surface area contributed by atoms with Crippen LogP contribution in [-0.2, 0) is 4.74 Å². The second-order valence-electron chi connectivity index (χ2n) is 4.74. The third kappa shape index (κ3) is 4.72. The third-order valence-corrected chi connectivity index (χ3v) is 4.09. The van der Waals surface area contributed by atoms with Gasteiger partial charge in [0.1, 0.15) is 4.88 Å². The van der Waals surface area contributed by atoms with Gasteiger partial charge in [-0.1, -0.05) is 0 Å². The number of hydrogen-bond donors (Lipinski definition) is 2. The molecular weight excluding hydrogens is 262 g/mol. The number of nitrogens with two attached hydrogens (primary N) is 1. The number of thiophene rings is 1. The summed E-state index contributed by atoms with van der Waals surface area (Å²) in [6.45, 7) is 6.25. The molecule has 0 amide bonds. The number of nitrogen functional groups attached to an aromatic ring is 1. The molecule has 0 aliphatic rings. The number of carbonyl (C=O) groups is 1. The number of anilines is 2. The molecule has 1 heterocycles. The van der Waals surface area contributed by atoms with E-state index in [-0.39, 0.29) is 5.97 Å². The minimum absolute atomic E-state index is 0.380. The minimum Gasteiger partial charge on any atom is -0.465 e. The molecule has 0 fully saturated rings. The summed E-state index contributed by atoms with van der Waals surface area (Å²) < 4.78 is 4.67. The maximum atomic E-state index is 11.4. The van der Waals surface area contributed by atoms with Crippen molar-refractivity contribution in [3.05, 3.63) is 10.9 Å². The Kier molecular flexibility index (Phi) is 6.11. The van der Waals surface area contributed by atoms with Crippen LogP contribution in [0.4, 0.5) is 10.7 Å². The Morgan fingerprint density at radius 1 is 1.58 bits per heavy atom. The fourth-order valence-electron chi connectivity index (χ4n) is 1.54. The summed E-state index contributed by atoms with van der Waals surface area (Å²) >= 11 is 1.33. The van der Waals surface area contributed by atoms with Gasteiger partial charge in [-0.05, 0) is 39.9 Å². The first-order chi connectivity index (χ1) is 8.95. The molecule has 6 heteroatoms. The van der Waals surface area contributed by atoms with E-state index >= 15 is 0 Å². The standard InChI is InChI=1S/C13H23N3O2S/c1-9(2)16(3)7-5-6-15-11-8-10(14)12(19-11)13(17)18-4/h8-9,15H,5-7,14H2,1-4H3. The predicted molar refractivity (Wildman–Crippen MR) is 80.9 cm³/mol. The summed E-state index contributed by atoms with van der Waals surface area (Å²) in [5.74, 6) is -0.380. The lowest BCUT2D eigenvalue weighted by molar-refractivity contribution is 0.0607. The van der Waals surface area contributed by atoms with Gasteiger partial charge in [0.2, 0.25) is 0 Å². The molecule has 108 valence electrons. The second kappa shape index (κ2) is 7.35. The highest BCUT2D eigenvalue weighted by Gasteiger charge is 2.14. The van der Waals surface area contributed by atoms with Gasteiger partial charge in [-0.15, -0.1) is 11.3 Å². The Morgan fingerprint density at radius 2 is 2.26 bits per heavy atom. The Balaban J connectivity index is 2.40. The van der Waals surface area contributed by atoms with E-state index < -0.39 is 0 Å². The summed E-state index contributed by atoms with van der Waals surface area (Å²) in [5.41, 5.74) is 6.24. The molecule has 0 bridgehead atoms. The number of carbonyl (C=O) groups excluding carboxylic acids is 1. The fourth-order valence-corrected chi connectivity index (χ4v) is 2.47. The van der Waals surface area contributed by atoms with Crippen molar-refractivity contribution < 1.29 is 9.53 Å². The molecule has 1 rings (SSSR count). The van der Waals surface area contributed by atoms with Crippen LogP contribution in [0.2, 0.25) is 0 Å². The van der Waals surface area contributed by atoms with Crippen LogP contribution in [0.15, 0.2) is 6.07 Å². The number of methoxy groups -OCH3 is 1. The van der Waals surface area contributed by atoms with E-state index in [9.17, 15) is 4.79 Å². The van der Waals surface area contributed by atoms with Crippen molar-refractivity contribution >= 4 is 28.0 Å². The lowest BCUT2D eigenvalue weighted by Crippen LogP contribution is -2.28. The highest BCUT2D eigenvalue weighted by atomic mass is 32.1. The van der Waals surface area contributed by atoms with Gasteiger partial charge in [-0.25, -0.2) is 4.79 Å². The molecule has 0 saturated carbocycles. The summed E-state index contributed by atoms with van der Waals surface area (Å²) in [7, 11) is 3.47. The molecule has 0 spiro atoms. The molecular formula is C13H23N3O2S. The number of hydrogen-bond acceptors (Lipinski definition) is 6. The number of nitrogens with zero attached hydrogens (tertiary/aromatic N) is 1. The Morgan fingerprint density at radius 3 is 2.84 bits per heavy atom. The predicted octanol–water partition coefficient (Wildman–Crippen LogP) is 2.26. The van der Waals surface area contributed by atoms with Crippen LogP contribution in [0.25, 0.3) is 0 Å². The molecule has 0 radical (unpaired) electrons. The van der Waals surface area contributed by atoms with E-state index in [4.69, 9.17) is 5.73 Å². The molecule has 0 aliphatic carbocycles. The molecule has 3 N–H and O–H groups in total. The summed E-state index contributed by atoms with van der Waals surface area (Å²) in [6.07, 6.45) is 1.04. The SMILES string of the molecule is COC(=O)c1sc(NCCCN(C)C(C)C)cc1N. The van der Waals surface area contributed by atoms with Gasteiger partial charge in [-0.3, -0.25) is 0 Å². The van der Waals surface area contributed by atoms with Crippen molar-refractivity contribution in [2.75, 3.05) is 38.3 Å². The third-order valence-electron chi connectivity index (χ3n) is 3.00. The quantitative estimate of drug-likeness (QED) is 0.594. The normalized spacial score (nSPS) is 11.1. The lowest BCUT2D eigenvalue weighted by Gasteiger charge is -2.20. The van der Waals surface area contributed by atoms with Gasteiger partial charge >= 0.3 is 5.97 Å². The van der Waals surface area contributed by atoms with Crippen LogP contribution in [0.5, 0.6) is 0 Å². The zero-order valence-electron chi connectivity index (χ0n) is 12.0. The first kappa shape index (κ1) is 15.8. The topological polar surface area (TPSA) is 67.6 Å². The molecule has 0 atom stereocenters. The molecule has 0 unspecified atom stereocenters. The monoisotopic (exact) mass is 285 g/mol. The zero-order valence-corrected chi connectivity index (χ0v) is 12.8. The number of rotatable bonds is 7. The first-order valence-electron chi connectivity index (χ1n) is 6.37. The lowest BCUT2D eigenvalue weighted by atomic mass is 10.3. The molecule has 0 aromatic carbocycles.